The Labute approximate surface area is 211 Å². The third-order valence-electron chi connectivity index (χ3n) is 5.61. The van der Waals surface area contributed by atoms with Gasteiger partial charge in [-0.1, -0.05) is 29.8 Å². The Morgan fingerprint density at radius 3 is 2.54 bits per heavy atom. The van der Waals surface area contributed by atoms with Crippen LogP contribution >= 0.6 is 11.6 Å². The van der Waals surface area contributed by atoms with Gasteiger partial charge in [0.2, 0.25) is 28.6 Å². The lowest BCUT2D eigenvalue weighted by molar-refractivity contribution is -0.140. The van der Waals surface area contributed by atoms with E-state index in [2.05, 4.69) is 5.32 Å². The molecule has 0 saturated carbocycles. The van der Waals surface area contributed by atoms with Crippen molar-refractivity contribution >= 4 is 39.1 Å². The third-order valence-corrected chi connectivity index (χ3v) is 7.18. The van der Waals surface area contributed by atoms with E-state index in [0.717, 1.165) is 11.8 Å². The Hall–Kier alpha value is -2.98. The van der Waals surface area contributed by atoms with Crippen molar-refractivity contribution in [2.75, 3.05) is 30.4 Å². The van der Waals surface area contributed by atoms with Gasteiger partial charge in [-0.05, 0) is 44.0 Å². The maximum absolute atomic E-state index is 13.2. The van der Waals surface area contributed by atoms with Gasteiger partial charge in [0.1, 0.15) is 6.04 Å². The minimum absolute atomic E-state index is 0.0464. The minimum Gasteiger partial charge on any atom is -0.454 e. The van der Waals surface area contributed by atoms with Gasteiger partial charge >= 0.3 is 0 Å². The van der Waals surface area contributed by atoms with Crippen molar-refractivity contribution in [2.45, 2.75) is 39.3 Å². The standard InChI is InChI=1S/C24H30ClN3O6S/c1-4-26-24(30)17(2)27(15-18-8-5-6-9-20(18)25)23(29)10-7-13-28(35(3,31)32)19-11-12-21-22(14-19)34-16-33-21/h5-6,8-9,11-12,14,17H,4,7,10,13,15-16H2,1-3H3,(H,26,30)/t17-/m0/s1. The molecule has 1 aliphatic rings. The maximum atomic E-state index is 13.2. The summed E-state index contributed by atoms with van der Waals surface area (Å²) in [4.78, 5) is 27.2. The number of likely N-dealkylation sites (N-methyl/N-ethyl adjacent to an activating group) is 1. The number of amides is 2. The van der Waals surface area contributed by atoms with E-state index in [1.54, 1.807) is 50.2 Å². The van der Waals surface area contributed by atoms with Crippen molar-refractivity contribution in [3.63, 3.8) is 0 Å². The molecule has 1 aliphatic heterocycles. The van der Waals surface area contributed by atoms with Crippen molar-refractivity contribution in [1.29, 1.82) is 0 Å². The number of halogens is 1. The van der Waals surface area contributed by atoms with E-state index in [1.165, 1.54) is 9.21 Å². The van der Waals surface area contributed by atoms with Crippen molar-refractivity contribution in [3.8, 4) is 11.5 Å². The molecule has 35 heavy (non-hydrogen) atoms. The number of benzene rings is 2. The molecule has 2 aromatic carbocycles. The van der Waals surface area contributed by atoms with E-state index in [4.69, 9.17) is 21.1 Å². The molecule has 1 atom stereocenters. The highest BCUT2D eigenvalue weighted by Crippen LogP contribution is 2.36. The molecule has 11 heteroatoms. The topological polar surface area (TPSA) is 105 Å². The zero-order valence-electron chi connectivity index (χ0n) is 20.0. The molecular weight excluding hydrogens is 494 g/mol. The zero-order valence-corrected chi connectivity index (χ0v) is 21.6. The van der Waals surface area contributed by atoms with E-state index >= 15 is 0 Å². The van der Waals surface area contributed by atoms with E-state index in [-0.39, 0.29) is 44.5 Å². The van der Waals surface area contributed by atoms with Crippen molar-refractivity contribution in [1.82, 2.24) is 10.2 Å². The first-order valence-electron chi connectivity index (χ1n) is 11.3. The lowest BCUT2D eigenvalue weighted by Gasteiger charge is -2.29. The normalized spacial score (nSPS) is 13.3. The second-order valence-electron chi connectivity index (χ2n) is 8.16. The van der Waals surface area contributed by atoms with Crippen LogP contribution < -0.4 is 19.1 Å². The first-order valence-corrected chi connectivity index (χ1v) is 13.5. The quantitative estimate of drug-likeness (QED) is 0.485. The summed E-state index contributed by atoms with van der Waals surface area (Å²) < 4.78 is 36.8. The van der Waals surface area contributed by atoms with Crippen LogP contribution in [0, 0.1) is 0 Å². The third kappa shape index (κ3) is 6.79. The van der Waals surface area contributed by atoms with E-state index in [0.29, 0.717) is 28.8 Å². The molecule has 1 heterocycles. The molecule has 0 fully saturated rings. The van der Waals surface area contributed by atoms with Crippen LogP contribution in [0.4, 0.5) is 5.69 Å². The number of nitrogens with one attached hydrogen (secondary N) is 1. The zero-order chi connectivity index (χ0) is 25.6. The number of hydrogen-bond acceptors (Lipinski definition) is 6. The lowest BCUT2D eigenvalue weighted by Crippen LogP contribution is -2.47. The fourth-order valence-electron chi connectivity index (χ4n) is 3.76. The van der Waals surface area contributed by atoms with Crippen LogP contribution in [-0.4, -0.2) is 57.3 Å². The Balaban J connectivity index is 1.73. The molecule has 0 aliphatic carbocycles. The molecule has 2 amide bonds. The van der Waals surface area contributed by atoms with Crippen molar-refractivity contribution < 1.29 is 27.5 Å². The number of nitrogens with zero attached hydrogens (tertiary/aromatic N) is 2. The van der Waals surface area contributed by atoms with Crippen molar-refractivity contribution in [3.05, 3.63) is 53.1 Å². The second-order valence-corrected chi connectivity index (χ2v) is 10.5. The molecule has 0 saturated heterocycles. The Morgan fingerprint density at radius 2 is 1.86 bits per heavy atom. The number of hydrogen-bond donors (Lipinski definition) is 1. The number of rotatable bonds is 11. The molecule has 190 valence electrons. The van der Waals surface area contributed by atoms with Gasteiger partial charge in [0.15, 0.2) is 11.5 Å². The molecule has 2 aromatic rings. The molecule has 0 unspecified atom stereocenters. The minimum atomic E-state index is -3.61. The summed E-state index contributed by atoms with van der Waals surface area (Å²) in [5, 5.41) is 3.24. The summed E-state index contributed by atoms with van der Waals surface area (Å²) in [6.07, 6.45) is 1.41. The molecule has 9 nitrogen and oxygen atoms in total. The van der Waals surface area contributed by atoms with Gasteiger partial charge in [0.25, 0.3) is 0 Å². The van der Waals surface area contributed by atoms with Crippen LogP contribution in [0.5, 0.6) is 11.5 Å². The molecule has 0 radical (unpaired) electrons. The SMILES string of the molecule is CCNC(=O)[C@H](C)N(Cc1ccccc1Cl)C(=O)CCCN(c1ccc2c(c1)OCO2)S(C)(=O)=O. The van der Waals surface area contributed by atoms with Gasteiger partial charge in [-0.3, -0.25) is 13.9 Å². The van der Waals surface area contributed by atoms with Crippen LogP contribution in [0.25, 0.3) is 0 Å². The Kier molecular flexibility index (Phi) is 8.85. The number of carbonyl (C=O) groups is 2. The van der Waals surface area contributed by atoms with Crippen LogP contribution in [0.15, 0.2) is 42.5 Å². The highest BCUT2D eigenvalue weighted by Gasteiger charge is 2.27. The van der Waals surface area contributed by atoms with Gasteiger partial charge in [-0.15, -0.1) is 0 Å². The first-order chi connectivity index (χ1) is 16.6. The number of sulfonamides is 1. The highest BCUT2D eigenvalue weighted by molar-refractivity contribution is 7.92. The predicted molar refractivity (Wildman–Crippen MR) is 134 cm³/mol. The molecule has 1 N–H and O–H groups in total. The van der Waals surface area contributed by atoms with Gasteiger partial charge in [-0.25, -0.2) is 8.42 Å². The van der Waals surface area contributed by atoms with E-state index < -0.39 is 16.1 Å². The van der Waals surface area contributed by atoms with Gasteiger partial charge in [0.05, 0.1) is 11.9 Å². The molecule has 0 aromatic heterocycles. The maximum Gasteiger partial charge on any atom is 0.242 e. The average Bonchev–Trinajstić information content (AvgIpc) is 3.28. The molecule has 0 spiro atoms. The molecular formula is C24H30ClN3O6S. The lowest BCUT2D eigenvalue weighted by atomic mass is 10.1. The summed E-state index contributed by atoms with van der Waals surface area (Å²) in [5.74, 6) is 0.467. The van der Waals surface area contributed by atoms with E-state index in [1.807, 2.05) is 6.07 Å². The summed E-state index contributed by atoms with van der Waals surface area (Å²) in [7, 11) is -3.61. The number of fused-ring (bicyclic) bond motifs is 1. The van der Waals surface area contributed by atoms with Gasteiger partial charge < -0.3 is 19.7 Å². The summed E-state index contributed by atoms with van der Waals surface area (Å²) in [6.45, 7) is 4.23. The van der Waals surface area contributed by atoms with Crippen molar-refractivity contribution in [2.24, 2.45) is 0 Å². The summed E-state index contributed by atoms with van der Waals surface area (Å²) >= 11 is 6.29. The number of carbonyl (C=O) groups excluding carboxylic acids is 2. The van der Waals surface area contributed by atoms with E-state index in [9.17, 15) is 18.0 Å². The molecule has 0 bridgehead atoms. The average molecular weight is 524 g/mol. The summed E-state index contributed by atoms with van der Waals surface area (Å²) in [6, 6.07) is 11.3. The Morgan fingerprint density at radius 1 is 1.14 bits per heavy atom. The monoisotopic (exact) mass is 523 g/mol. The smallest absolute Gasteiger partial charge is 0.242 e. The first kappa shape index (κ1) is 26.6. The second kappa shape index (κ2) is 11.6. The van der Waals surface area contributed by atoms with Gasteiger partial charge in [0, 0.05) is 37.1 Å². The largest absolute Gasteiger partial charge is 0.454 e. The fourth-order valence-corrected chi connectivity index (χ4v) is 4.91. The highest BCUT2D eigenvalue weighted by atomic mass is 35.5. The van der Waals surface area contributed by atoms with Crippen LogP contribution in [0.1, 0.15) is 32.3 Å². The number of anilines is 1. The fraction of sp³-hybridized carbons (Fsp3) is 0.417. The molecule has 3 rings (SSSR count). The Bertz CT molecular complexity index is 1170. The predicted octanol–water partition coefficient (Wildman–Crippen LogP) is 3.17. The van der Waals surface area contributed by atoms with Crippen LogP contribution in [0.3, 0.4) is 0 Å². The summed E-state index contributed by atoms with van der Waals surface area (Å²) in [5.41, 5.74) is 1.14. The van der Waals surface area contributed by atoms with Crippen LogP contribution in [0.2, 0.25) is 5.02 Å². The number of ether oxygens (including phenoxy) is 2. The van der Waals surface area contributed by atoms with Crippen LogP contribution in [-0.2, 0) is 26.2 Å². The van der Waals surface area contributed by atoms with Gasteiger partial charge in [-0.2, -0.15) is 0 Å².